The van der Waals surface area contributed by atoms with Gasteiger partial charge in [0, 0.05) is 49.5 Å². The Morgan fingerprint density at radius 2 is 2.00 bits per heavy atom. The molecule has 1 amide bonds. The number of ether oxygens (including phenoxy) is 1. The first-order valence-corrected chi connectivity index (χ1v) is 12.9. The molecule has 4 rings (SSSR count). The summed E-state index contributed by atoms with van der Waals surface area (Å²) in [4.78, 5) is 17.6. The maximum Gasteiger partial charge on any atom is 0.237 e. The fourth-order valence-corrected chi connectivity index (χ4v) is 5.64. The van der Waals surface area contributed by atoms with Gasteiger partial charge in [-0.1, -0.05) is 23.7 Å². The lowest BCUT2D eigenvalue weighted by atomic mass is 10.0. The van der Waals surface area contributed by atoms with Crippen LogP contribution in [0.15, 0.2) is 53.8 Å². The van der Waals surface area contributed by atoms with E-state index in [1.165, 1.54) is 14.1 Å². The molecule has 188 valence electrons. The average molecular weight is 530 g/mol. The summed E-state index contributed by atoms with van der Waals surface area (Å²) < 4.78 is 34.1. The van der Waals surface area contributed by atoms with Crippen LogP contribution in [0.5, 0.6) is 5.75 Å². The molecule has 0 radical (unpaired) electrons. The van der Waals surface area contributed by atoms with Crippen LogP contribution in [0, 0.1) is 12.1 Å². The van der Waals surface area contributed by atoms with Gasteiger partial charge in [-0.25, -0.2) is 13.4 Å². The van der Waals surface area contributed by atoms with Gasteiger partial charge in [0.25, 0.3) is 0 Å². The molecule has 4 aromatic rings. The molecule has 0 aliphatic carbocycles. The van der Waals surface area contributed by atoms with Crippen molar-refractivity contribution in [3.8, 4) is 17.0 Å². The molecule has 36 heavy (non-hydrogen) atoms. The molecule has 3 aromatic heterocycles. The Hall–Kier alpha value is -3.70. The van der Waals surface area contributed by atoms with Gasteiger partial charge in [-0.15, -0.1) is 0 Å². The van der Waals surface area contributed by atoms with Gasteiger partial charge in [0.15, 0.2) is 22.2 Å². The molecular weight excluding hydrogens is 506 g/mol. The Labute approximate surface area is 213 Å². The van der Waals surface area contributed by atoms with E-state index in [2.05, 4.69) is 10.1 Å². The number of pyridine rings is 2. The normalized spacial score (nSPS) is 11.6. The van der Waals surface area contributed by atoms with Crippen molar-refractivity contribution in [2.45, 2.75) is 18.4 Å². The van der Waals surface area contributed by atoms with E-state index in [9.17, 15) is 18.4 Å². The predicted molar refractivity (Wildman–Crippen MR) is 134 cm³/mol. The van der Waals surface area contributed by atoms with E-state index in [4.69, 9.17) is 16.3 Å². The average Bonchev–Trinajstić information content (AvgIpc) is 3.22. The third kappa shape index (κ3) is 4.98. The molecule has 1 aromatic carbocycles. The van der Waals surface area contributed by atoms with E-state index in [1.54, 1.807) is 23.0 Å². The molecule has 3 heterocycles. The minimum Gasteiger partial charge on any atom is -0.619 e. The maximum atomic E-state index is 13.0. The summed E-state index contributed by atoms with van der Waals surface area (Å²) in [5.74, 6) is -1.03. The van der Waals surface area contributed by atoms with E-state index < -0.39 is 21.5 Å². The number of rotatable bonds is 7. The molecule has 0 atom stereocenters. The highest BCUT2D eigenvalue weighted by molar-refractivity contribution is 7.92. The quantitative estimate of drug-likeness (QED) is 0.266. The number of carbonyl (C=O) groups is 1. The van der Waals surface area contributed by atoms with Gasteiger partial charge in [-0.3, -0.25) is 9.48 Å². The smallest absolute Gasteiger partial charge is 0.237 e. The zero-order valence-corrected chi connectivity index (χ0v) is 21.7. The molecule has 0 N–H and O–H groups in total. The van der Waals surface area contributed by atoms with Crippen LogP contribution in [0.25, 0.3) is 22.2 Å². The molecule has 0 aliphatic heterocycles. The van der Waals surface area contributed by atoms with Crippen LogP contribution in [-0.2, 0) is 28.3 Å². The van der Waals surface area contributed by atoms with Gasteiger partial charge >= 0.3 is 0 Å². The molecule has 0 unspecified atom stereocenters. The molecular formula is C24H24ClN5O5S. The van der Waals surface area contributed by atoms with Crippen molar-refractivity contribution < 1.29 is 22.7 Å². The van der Waals surface area contributed by atoms with Gasteiger partial charge in [0.1, 0.15) is 33.5 Å². The van der Waals surface area contributed by atoms with E-state index in [0.29, 0.717) is 16.0 Å². The van der Waals surface area contributed by atoms with Crippen LogP contribution >= 0.6 is 11.6 Å². The van der Waals surface area contributed by atoms with Crippen molar-refractivity contribution in [2.24, 2.45) is 7.05 Å². The van der Waals surface area contributed by atoms with E-state index in [1.807, 2.05) is 32.2 Å². The predicted octanol–water partition coefficient (Wildman–Crippen LogP) is 2.67. The first-order chi connectivity index (χ1) is 17.0. The minimum atomic E-state index is -4.18. The van der Waals surface area contributed by atoms with Crippen LogP contribution in [-0.4, -0.2) is 53.8 Å². The second-order valence-corrected chi connectivity index (χ2v) is 10.8. The van der Waals surface area contributed by atoms with Crippen LogP contribution in [0.1, 0.15) is 11.3 Å². The third-order valence-electron chi connectivity index (χ3n) is 5.62. The molecule has 0 bridgehead atoms. The molecule has 0 aliphatic rings. The first-order valence-electron chi connectivity index (χ1n) is 10.8. The summed E-state index contributed by atoms with van der Waals surface area (Å²) >= 11 is 6.27. The highest BCUT2D eigenvalue weighted by Gasteiger charge is 2.28. The van der Waals surface area contributed by atoms with Crippen LogP contribution < -0.4 is 9.47 Å². The third-order valence-corrected chi connectivity index (χ3v) is 7.59. The number of sulfone groups is 1. The second-order valence-electron chi connectivity index (χ2n) is 8.45. The van der Waals surface area contributed by atoms with Crippen molar-refractivity contribution in [1.29, 1.82) is 0 Å². The summed E-state index contributed by atoms with van der Waals surface area (Å²) in [7, 11) is 0.565. The Bertz CT molecular complexity index is 1580. The fraction of sp³-hybridized carbons (Fsp3) is 0.250. The zero-order chi connectivity index (χ0) is 26.2. The van der Waals surface area contributed by atoms with Crippen molar-refractivity contribution in [2.75, 3.05) is 19.8 Å². The number of aryl methyl sites for hydroxylation is 2. The number of fused-ring (bicyclic) bond motifs is 1. The lowest BCUT2D eigenvalue weighted by Gasteiger charge is -2.16. The number of hydrogen-bond acceptors (Lipinski definition) is 7. The van der Waals surface area contributed by atoms with E-state index in [0.717, 1.165) is 39.6 Å². The van der Waals surface area contributed by atoms with Gasteiger partial charge in [0.2, 0.25) is 5.91 Å². The highest BCUT2D eigenvalue weighted by Crippen LogP contribution is 2.34. The Morgan fingerprint density at radius 1 is 1.25 bits per heavy atom. The van der Waals surface area contributed by atoms with Crippen molar-refractivity contribution >= 4 is 38.2 Å². The summed E-state index contributed by atoms with van der Waals surface area (Å²) in [5, 5.41) is 17.0. The number of benzene rings is 1. The number of aromatic nitrogens is 4. The fourth-order valence-electron chi connectivity index (χ4n) is 3.78. The van der Waals surface area contributed by atoms with Gasteiger partial charge in [0.05, 0.1) is 5.69 Å². The van der Waals surface area contributed by atoms with E-state index in [-0.39, 0.29) is 22.1 Å². The van der Waals surface area contributed by atoms with E-state index >= 15 is 0 Å². The molecule has 0 spiro atoms. The standard InChI is InChI=1S/C24H24ClN5O5S/c1-15-10-17(20-8-9-26-29(20)4)16-6-5-7-21(24(16)27-15)35-13-18-19(25)11-30(32)12-22(18)36(33,34)14-23(31)28(2)3/h5-12H,13-14H2,1-4H3. The molecule has 0 fully saturated rings. The molecule has 12 heteroatoms. The van der Waals surface area contributed by atoms with Crippen LogP contribution in [0.2, 0.25) is 5.02 Å². The number of nitrogens with zero attached hydrogens (tertiary/aromatic N) is 5. The highest BCUT2D eigenvalue weighted by atomic mass is 35.5. The maximum absolute atomic E-state index is 13.0. The summed E-state index contributed by atoms with van der Waals surface area (Å²) in [6.45, 7) is 1.60. The SMILES string of the molecule is Cc1cc(-c2ccnn2C)c2cccc(OCc3c(Cl)c[n+]([O-])cc3S(=O)(=O)CC(=O)N(C)C)c2n1. The Morgan fingerprint density at radius 3 is 2.67 bits per heavy atom. The molecule has 0 saturated carbocycles. The van der Waals surface area contributed by atoms with Crippen LogP contribution in [0.3, 0.4) is 0 Å². The van der Waals surface area contributed by atoms with Gasteiger partial charge in [-0.2, -0.15) is 9.83 Å². The molecule has 10 nitrogen and oxygen atoms in total. The zero-order valence-electron chi connectivity index (χ0n) is 20.1. The largest absolute Gasteiger partial charge is 0.619 e. The van der Waals surface area contributed by atoms with Crippen molar-refractivity contribution in [3.05, 3.63) is 70.4 Å². The minimum absolute atomic E-state index is 0.0758. The van der Waals surface area contributed by atoms with Crippen molar-refractivity contribution in [3.63, 3.8) is 0 Å². The monoisotopic (exact) mass is 529 g/mol. The lowest BCUT2D eigenvalue weighted by Crippen LogP contribution is -2.32. The van der Waals surface area contributed by atoms with Crippen LogP contribution in [0.4, 0.5) is 0 Å². The summed E-state index contributed by atoms with van der Waals surface area (Å²) in [5.41, 5.74) is 3.22. The number of carbonyl (C=O) groups excluding carboxylic acids is 1. The summed E-state index contributed by atoms with van der Waals surface area (Å²) in [6, 6.07) is 9.29. The van der Waals surface area contributed by atoms with Crippen molar-refractivity contribution in [1.82, 2.24) is 19.7 Å². The number of halogens is 1. The number of hydrogen-bond donors (Lipinski definition) is 0. The lowest BCUT2D eigenvalue weighted by molar-refractivity contribution is -0.607. The molecule has 0 saturated heterocycles. The topological polar surface area (TPSA) is 121 Å². The van der Waals surface area contributed by atoms with Gasteiger partial charge < -0.3 is 14.8 Å². The Kier molecular flexibility index (Phi) is 6.87. The first kappa shape index (κ1) is 25.4. The number of para-hydroxylation sites is 1. The summed E-state index contributed by atoms with van der Waals surface area (Å²) in [6.07, 6.45) is 3.63. The second kappa shape index (κ2) is 9.75. The van der Waals surface area contributed by atoms with Gasteiger partial charge in [-0.05, 0) is 25.1 Å². The number of amides is 1. The Balaban J connectivity index is 1.76.